The third-order valence-corrected chi connectivity index (χ3v) is 3.97. The smallest absolute Gasteiger partial charge is 0.292 e. The molecule has 6 heteroatoms. The molecule has 0 saturated carbocycles. The molecule has 0 spiro atoms. The Morgan fingerprint density at radius 2 is 2.26 bits per heavy atom. The fourth-order valence-electron chi connectivity index (χ4n) is 2.93. The number of carbonyl (C=O) groups is 2. The van der Waals surface area contributed by atoms with Crippen LogP contribution in [-0.4, -0.2) is 49.1 Å². The van der Waals surface area contributed by atoms with Gasteiger partial charge in [0.15, 0.2) is 0 Å². The Bertz CT molecular complexity index is 421. The fourth-order valence-corrected chi connectivity index (χ4v) is 2.93. The van der Waals surface area contributed by atoms with Gasteiger partial charge in [0.05, 0.1) is 0 Å². The highest BCUT2D eigenvalue weighted by Gasteiger charge is 2.36. The average molecular weight is 266 g/mol. The van der Waals surface area contributed by atoms with Crippen LogP contribution in [0.5, 0.6) is 0 Å². The van der Waals surface area contributed by atoms with Gasteiger partial charge in [-0.1, -0.05) is 0 Å². The summed E-state index contributed by atoms with van der Waals surface area (Å²) >= 11 is 0. The van der Waals surface area contributed by atoms with Gasteiger partial charge in [-0.15, -0.1) is 0 Å². The van der Waals surface area contributed by atoms with Crippen molar-refractivity contribution in [1.29, 1.82) is 0 Å². The van der Waals surface area contributed by atoms with E-state index in [0.717, 1.165) is 12.8 Å². The average Bonchev–Trinajstić information content (AvgIpc) is 2.47. The molecule has 2 saturated heterocycles. The van der Waals surface area contributed by atoms with E-state index in [1.807, 2.05) is 0 Å². The second kappa shape index (κ2) is 5.11. The molecule has 2 amide bonds. The largest absolute Gasteiger partial charge is 0.494 e. The van der Waals surface area contributed by atoms with E-state index in [2.05, 4.69) is 5.32 Å². The number of carbonyl (C=O) groups excluding carboxylic acids is 2. The van der Waals surface area contributed by atoms with E-state index < -0.39 is 0 Å². The van der Waals surface area contributed by atoms with Crippen molar-refractivity contribution in [3.05, 3.63) is 12.0 Å². The van der Waals surface area contributed by atoms with E-state index in [1.165, 1.54) is 6.26 Å². The van der Waals surface area contributed by atoms with Gasteiger partial charge in [-0.05, 0) is 18.8 Å². The van der Waals surface area contributed by atoms with Crippen LogP contribution in [0.3, 0.4) is 0 Å². The third-order valence-electron chi connectivity index (χ3n) is 3.97. The van der Waals surface area contributed by atoms with Crippen molar-refractivity contribution in [3.8, 4) is 0 Å². The molecule has 2 unspecified atom stereocenters. The quantitative estimate of drug-likeness (QED) is 0.725. The minimum Gasteiger partial charge on any atom is -0.494 e. The molecule has 3 rings (SSSR count). The zero-order chi connectivity index (χ0) is 13.2. The number of nitrogens with zero attached hydrogens (tertiary/aromatic N) is 1. The Hall–Kier alpha value is -1.72. The lowest BCUT2D eigenvalue weighted by molar-refractivity contribution is -0.135. The first-order valence-corrected chi connectivity index (χ1v) is 6.77. The van der Waals surface area contributed by atoms with Gasteiger partial charge in [-0.2, -0.15) is 0 Å². The van der Waals surface area contributed by atoms with Crippen LogP contribution in [0.1, 0.15) is 19.3 Å². The van der Waals surface area contributed by atoms with Crippen LogP contribution in [-0.2, 0) is 19.1 Å². The van der Waals surface area contributed by atoms with Gasteiger partial charge in [0.25, 0.3) is 5.91 Å². The molecular formula is C13H18N2O4. The van der Waals surface area contributed by atoms with Crippen molar-refractivity contribution in [1.82, 2.24) is 10.2 Å². The Morgan fingerprint density at radius 1 is 1.37 bits per heavy atom. The molecule has 3 aliphatic heterocycles. The maximum Gasteiger partial charge on any atom is 0.292 e. The Balaban J connectivity index is 1.63. The summed E-state index contributed by atoms with van der Waals surface area (Å²) in [5, 5.41) is 3.01. The SMILES string of the molecule is O=C1CCC2CN(C(=O)C3=COCCO3)CCC2N1. The van der Waals surface area contributed by atoms with Gasteiger partial charge in [0.1, 0.15) is 19.5 Å². The Labute approximate surface area is 111 Å². The van der Waals surface area contributed by atoms with Crippen LogP contribution in [0.4, 0.5) is 0 Å². The molecule has 6 nitrogen and oxygen atoms in total. The number of ether oxygens (including phenoxy) is 2. The molecule has 0 aromatic carbocycles. The van der Waals surface area contributed by atoms with Crippen molar-refractivity contribution in [2.75, 3.05) is 26.3 Å². The highest BCUT2D eigenvalue weighted by Crippen LogP contribution is 2.26. The second-order valence-corrected chi connectivity index (χ2v) is 5.21. The summed E-state index contributed by atoms with van der Waals surface area (Å²) in [6.45, 7) is 2.26. The number of likely N-dealkylation sites (tertiary alicyclic amines) is 1. The molecule has 3 heterocycles. The molecular weight excluding hydrogens is 248 g/mol. The summed E-state index contributed by atoms with van der Waals surface area (Å²) in [4.78, 5) is 25.4. The maximum atomic E-state index is 12.3. The lowest BCUT2D eigenvalue weighted by Gasteiger charge is -2.41. The number of hydrogen-bond acceptors (Lipinski definition) is 4. The molecule has 0 bridgehead atoms. The summed E-state index contributed by atoms with van der Waals surface area (Å²) in [7, 11) is 0. The van der Waals surface area contributed by atoms with Gasteiger partial charge >= 0.3 is 0 Å². The highest BCUT2D eigenvalue weighted by molar-refractivity contribution is 5.91. The first-order valence-electron chi connectivity index (χ1n) is 6.77. The van der Waals surface area contributed by atoms with E-state index in [1.54, 1.807) is 4.90 Å². The minimum absolute atomic E-state index is 0.102. The first-order chi connectivity index (χ1) is 9.24. The summed E-state index contributed by atoms with van der Waals surface area (Å²) in [5.74, 6) is 0.688. The fraction of sp³-hybridized carbons (Fsp3) is 0.692. The monoisotopic (exact) mass is 266 g/mol. The number of nitrogens with one attached hydrogen (secondary N) is 1. The van der Waals surface area contributed by atoms with Gasteiger partial charge < -0.3 is 19.7 Å². The number of rotatable bonds is 1. The molecule has 104 valence electrons. The molecule has 0 aromatic rings. The van der Waals surface area contributed by atoms with E-state index in [-0.39, 0.29) is 17.9 Å². The van der Waals surface area contributed by atoms with Crippen LogP contribution in [0.15, 0.2) is 12.0 Å². The van der Waals surface area contributed by atoms with Crippen LogP contribution in [0, 0.1) is 5.92 Å². The van der Waals surface area contributed by atoms with Crippen molar-refractivity contribution in [3.63, 3.8) is 0 Å². The molecule has 3 aliphatic rings. The zero-order valence-electron chi connectivity index (χ0n) is 10.8. The van der Waals surface area contributed by atoms with Gasteiger partial charge in [0, 0.05) is 25.6 Å². The standard InChI is InChI=1S/C13H18N2O4/c16-12-2-1-9-7-15(4-3-10(9)14-12)13(17)11-8-18-5-6-19-11/h8-10H,1-7H2,(H,14,16). The Kier molecular flexibility index (Phi) is 3.31. The molecule has 1 N–H and O–H groups in total. The van der Waals surface area contributed by atoms with Gasteiger partial charge in [-0.25, -0.2) is 0 Å². The number of fused-ring (bicyclic) bond motifs is 1. The molecule has 0 aromatic heterocycles. The molecule has 0 radical (unpaired) electrons. The maximum absolute atomic E-state index is 12.3. The van der Waals surface area contributed by atoms with Crippen molar-refractivity contribution < 1.29 is 19.1 Å². The summed E-state index contributed by atoms with van der Waals surface area (Å²) in [6, 6.07) is 0.225. The van der Waals surface area contributed by atoms with E-state index in [0.29, 0.717) is 44.4 Å². The summed E-state index contributed by atoms with van der Waals surface area (Å²) < 4.78 is 10.4. The molecule has 0 aliphatic carbocycles. The predicted octanol–water partition coefficient (Wildman–Crippen LogP) is 0.00170. The van der Waals surface area contributed by atoms with Crippen LogP contribution < -0.4 is 5.32 Å². The topological polar surface area (TPSA) is 67.9 Å². The second-order valence-electron chi connectivity index (χ2n) is 5.21. The normalized spacial score (nSPS) is 30.4. The lowest BCUT2D eigenvalue weighted by Crippen LogP contribution is -2.55. The molecule has 2 fully saturated rings. The molecule has 19 heavy (non-hydrogen) atoms. The third kappa shape index (κ3) is 2.52. The molecule has 2 atom stereocenters. The first kappa shape index (κ1) is 12.3. The summed E-state index contributed by atoms with van der Waals surface area (Å²) in [5.41, 5.74) is 0. The van der Waals surface area contributed by atoms with E-state index in [4.69, 9.17) is 9.47 Å². The van der Waals surface area contributed by atoms with Crippen molar-refractivity contribution in [2.24, 2.45) is 5.92 Å². The zero-order valence-corrected chi connectivity index (χ0v) is 10.8. The Morgan fingerprint density at radius 3 is 3.05 bits per heavy atom. The number of amides is 2. The summed E-state index contributed by atoms with van der Waals surface area (Å²) in [6.07, 6.45) is 3.64. The van der Waals surface area contributed by atoms with Crippen LogP contribution in [0.2, 0.25) is 0 Å². The van der Waals surface area contributed by atoms with Crippen LogP contribution >= 0.6 is 0 Å². The lowest BCUT2D eigenvalue weighted by atomic mass is 9.85. The van der Waals surface area contributed by atoms with Gasteiger partial charge in [-0.3, -0.25) is 9.59 Å². The van der Waals surface area contributed by atoms with E-state index >= 15 is 0 Å². The van der Waals surface area contributed by atoms with E-state index in [9.17, 15) is 9.59 Å². The van der Waals surface area contributed by atoms with Crippen molar-refractivity contribution in [2.45, 2.75) is 25.3 Å². The predicted molar refractivity (Wildman–Crippen MR) is 65.8 cm³/mol. The van der Waals surface area contributed by atoms with Crippen molar-refractivity contribution >= 4 is 11.8 Å². The number of piperidine rings is 2. The van der Waals surface area contributed by atoms with Gasteiger partial charge in [0.2, 0.25) is 11.7 Å². The van der Waals surface area contributed by atoms with Crippen LogP contribution in [0.25, 0.3) is 0 Å². The highest BCUT2D eigenvalue weighted by atomic mass is 16.6. The number of hydrogen-bond donors (Lipinski definition) is 1. The minimum atomic E-state index is -0.102.